The van der Waals surface area contributed by atoms with E-state index in [1.807, 2.05) is 74.5 Å². The van der Waals surface area contributed by atoms with Gasteiger partial charge in [0.2, 0.25) is 5.91 Å². The molecule has 3 aromatic carbocycles. The second-order valence-electron chi connectivity index (χ2n) is 12.2. The number of carboxylic acid groups (broad SMARTS) is 1. The number of nitrogens with one attached hydrogen (secondary N) is 1. The number of anilines is 1. The van der Waals surface area contributed by atoms with Gasteiger partial charge in [0, 0.05) is 49.9 Å². The molecule has 2 N–H and O–H groups in total. The van der Waals surface area contributed by atoms with Crippen LogP contribution in [0.15, 0.2) is 97.1 Å². The lowest BCUT2D eigenvalue weighted by atomic mass is 9.79. The zero-order chi connectivity index (χ0) is 33.2. The number of carbonyl (C=O) groups is 2. The molecule has 1 unspecified atom stereocenters. The van der Waals surface area contributed by atoms with Gasteiger partial charge in [0.15, 0.2) is 0 Å². The summed E-state index contributed by atoms with van der Waals surface area (Å²) in [6.45, 7) is 8.19. The number of benzene rings is 3. The molecule has 1 aliphatic rings. The third-order valence-corrected chi connectivity index (χ3v) is 9.46. The second-order valence-corrected chi connectivity index (χ2v) is 12.6. The van der Waals surface area contributed by atoms with Crippen molar-refractivity contribution in [1.82, 2.24) is 14.8 Å². The molecule has 0 radical (unpaired) electrons. The van der Waals surface area contributed by atoms with Gasteiger partial charge in [-0.25, -0.2) is 0 Å². The number of nitrogens with zero attached hydrogens (tertiary/aromatic N) is 3. The van der Waals surface area contributed by atoms with Crippen LogP contribution in [0.3, 0.4) is 0 Å². The maximum atomic E-state index is 12.7. The molecular weight excluding hydrogens is 608 g/mol. The quantitative estimate of drug-likeness (QED) is 0.152. The molecule has 0 spiro atoms. The van der Waals surface area contributed by atoms with Gasteiger partial charge in [0.05, 0.1) is 22.8 Å². The smallest absolute Gasteiger partial charge is 0.310 e. The van der Waals surface area contributed by atoms with Crippen molar-refractivity contribution in [2.24, 2.45) is 5.41 Å². The number of rotatable bonds is 13. The lowest BCUT2D eigenvalue weighted by Crippen LogP contribution is -2.47. The molecule has 1 aliphatic heterocycles. The summed E-state index contributed by atoms with van der Waals surface area (Å²) in [6.07, 6.45) is 4.69. The van der Waals surface area contributed by atoms with Crippen LogP contribution in [0.1, 0.15) is 67.2 Å². The van der Waals surface area contributed by atoms with E-state index in [1.54, 1.807) is 0 Å². The average molecular weight is 651 g/mol. The molecule has 0 aliphatic carbocycles. The van der Waals surface area contributed by atoms with Gasteiger partial charge in [-0.05, 0) is 72.0 Å². The van der Waals surface area contributed by atoms with E-state index in [-0.39, 0.29) is 18.4 Å². The van der Waals surface area contributed by atoms with Crippen molar-refractivity contribution < 1.29 is 14.7 Å². The normalized spacial score (nSPS) is 15.0. The molecule has 1 amide bonds. The molecule has 0 bridgehead atoms. The average Bonchev–Trinajstić information content (AvgIpc) is 3.09. The van der Waals surface area contributed by atoms with Crippen molar-refractivity contribution in [3.05, 3.63) is 130 Å². The fourth-order valence-electron chi connectivity index (χ4n) is 6.27. The van der Waals surface area contributed by atoms with Crippen molar-refractivity contribution in [1.29, 1.82) is 0 Å². The van der Waals surface area contributed by atoms with E-state index in [1.165, 1.54) is 11.1 Å². The molecule has 1 aromatic heterocycles. The predicted octanol–water partition coefficient (Wildman–Crippen LogP) is 8.03. The summed E-state index contributed by atoms with van der Waals surface area (Å²) in [7, 11) is 0. The summed E-state index contributed by atoms with van der Waals surface area (Å²) in [4.78, 5) is 34.5. The molecule has 1 atom stereocenters. The summed E-state index contributed by atoms with van der Waals surface area (Å²) in [5.41, 5.74) is 4.91. The molecule has 7 nitrogen and oxygen atoms in total. The number of carbonyl (C=O) groups excluding carboxylic acids is 1. The van der Waals surface area contributed by atoms with Crippen molar-refractivity contribution in [3.63, 3.8) is 0 Å². The highest BCUT2D eigenvalue weighted by atomic mass is 35.5. The number of aromatic nitrogens is 1. The van der Waals surface area contributed by atoms with Crippen LogP contribution >= 0.6 is 11.6 Å². The SMILES string of the molecule is CCC(CC)(CC(=O)Nc1cccc(C=Cc2cccc(CN3CCN(C(c4ccccc4)c4ccc(Cl)cc4)CC3)n2)c1)C(=O)O. The molecule has 1 saturated heterocycles. The molecular formula is C39H43ClN4O3. The molecule has 4 aromatic rings. The topological polar surface area (TPSA) is 85.8 Å². The Balaban J connectivity index is 1.18. The fraction of sp³-hybridized carbons (Fsp3) is 0.308. The molecule has 8 heteroatoms. The van der Waals surface area contributed by atoms with Crippen molar-refractivity contribution in [3.8, 4) is 0 Å². The number of hydrogen-bond donors (Lipinski definition) is 2. The zero-order valence-electron chi connectivity index (χ0n) is 27.1. The number of halogens is 1. The molecule has 0 saturated carbocycles. The molecule has 2 heterocycles. The van der Waals surface area contributed by atoms with Gasteiger partial charge < -0.3 is 10.4 Å². The summed E-state index contributed by atoms with van der Waals surface area (Å²) in [5.74, 6) is -1.23. The van der Waals surface area contributed by atoms with E-state index in [4.69, 9.17) is 16.6 Å². The minimum absolute atomic E-state index is 0.0584. The van der Waals surface area contributed by atoms with Crippen LogP contribution in [0.5, 0.6) is 0 Å². The number of aliphatic carboxylic acids is 1. The van der Waals surface area contributed by atoms with Crippen molar-refractivity contribution >= 4 is 41.3 Å². The van der Waals surface area contributed by atoms with Gasteiger partial charge >= 0.3 is 5.97 Å². The number of amides is 1. The summed E-state index contributed by atoms with van der Waals surface area (Å²) >= 11 is 6.20. The number of hydrogen-bond acceptors (Lipinski definition) is 5. The van der Waals surface area contributed by atoms with Crippen LogP contribution in [0, 0.1) is 5.41 Å². The Hall–Kier alpha value is -4.30. The van der Waals surface area contributed by atoms with E-state index in [0.717, 1.165) is 54.7 Å². The molecule has 1 fully saturated rings. The van der Waals surface area contributed by atoms with Crippen LogP contribution in [0.4, 0.5) is 5.69 Å². The predicted molar refractivity (Wildman–Crippen MR) is 190 cm³/mol. The minimum atomic E-state index is -1.05. The highest BCUT2D eigenvalue weighted by Crippen LogP contribution is 2.32. The van der Waals surface area contributed by atoms with Crippen LogP contribution < -0.4 is 5.32 Å². The second kappa shape index (κ2) is 16.0. The van der Waals surface area contributed by atoms with E-state index in [0.29, 0.717) is 18.5 Å². The third-order valence-electron chi connectivity index (χ3n) is 9.21. The highest BCUT2D eigenvalue weighted by molar-refractivity contribution is 6.30. The van der Waals surface area contributed by atoms with E-state index < -0.39 is 11.4 Å². The Bertz CT molecular complexity index is 1660. The highest BCUT2D eigenvalue weighted by Gasteiger charge is 2.37. The van der Waals surface area contributed by atoms with Gasteiger partial charge in [-0.3, -0.25) is 24.4 Å². The van der Waals surface area contributed by atoms with Gasteiger partial charge in [-0.15, -0.1) is 0 Å². The zero-order valence-corrected chi connectivity index (χ0v) is 27.9. The van der Waals surface area contributed by atoms with Crippen LogP contribution in [0.2, 0.25) is 5.02 Å². The first-order chi connectivity index (χ1) is 22.8. The lowest BCUT2D eigenvalue weighted by molar-refractivity contribution is -0.151. The number of piperazine rings is 1. The first-order valence-corrected chi connectivity index (χ1v) is 16.7. The fourth-order valence-corrected chi connectivity index (χ4v) is 6.40. The largest absolute Gasteiger partial charge is 0.481 e. The Morgan fingerprint density at radius 1 is 0.872 bits per heavy atom. The summed E-state index contributed by atoms with van der Waals surface area (Å²) < 4.78 is 0. The van der Waals surface area contributed by atoms with E-state index in [9.17, 15) is 14.7 Å². The maximum absolute atomic E-state index is 12.7. The standard InChI is InChI=1S/C39H43ClN4O3/c1-3-39(4-2,38(46)47)27-36(45)42-34-14-8-10-29(26-34)16-21-33-13-9-15-35(41-33)28-43-22-24-44(25-23-43)37(30-11-6-5-7-12-30)31-17-19-32(40)20-18-31/h5-21,26,37H,3-4,22-25,27-28H2,1-2H3,(H,42,45)(H,46,47). The Morgan fingerprint density at radius 2 is 1.55 bits per heavy atom. The Labute approximate surface area is 282 Å². The van der Waals surface area contributed by atoms with E-state index in [2.05, 4.69) is 63.6 Å². The van der Waals surface area contributed by atoms with Crippen molar-refractivity contribution in [2.75, 3.05) is 31.5 Å². The Kier molecular flexibility index (Phi) is 11.6. The summed E-state index contributed by atoms with van der Waals surface area (Å²) in [5, 5.41) is 13.3. The minimum Gasteiger partial charge on any atom is -0.481 e. The Morgan fingerprint density at radius 3 is 2.23 bits per heavy atom. The van der Waals surface area contributed by atoms with Crippen LogP contribution in [0.25, 0.3) is 12.2 Å². The maximum Gasteiger partial charge on any atom is 0.310 e. The first kappa shape index (κ1) is 34.0. The lowest BCUT2D eigenvalue weighted by Gasteiger charge is -2.39. The number of carboxylic acids is 1. The van der Waals surface area contributed by atoms with E-state index >= 15 is 0 Å². The third kappa shape index (κ3) is 8.95. The molecule has 5 rings (SSSR count). The van der Waals surface area contributed by atoms with Crippen LogP contribution in [-0.4, -0.2) is 57.9 Å². The number of pyridine rings is 1. The van der Waals surface area contributed by atoms with Gasteiger partial charge in [0.1, 0.15) is 0 Å². The van der Waals surface area contributed by atoms with Gasteiger partial charge in [-0.1, -0.05) is 92.2 Å². The van der Waals surface area contributed by atoms with Gasteiger partial charge in [0.25, 0.3) is 0 Å². The van der Waals surface area contributed by atoms with Crippen molar-refractivity contribution in [2.45, 2.75) is 45.7 Å². The molecule has 47 heavy (non-hydrogen) atoms. The van der Waals surface area contributed by atoms with Crippen LogP contribution in [-0.2, 0) is 16.1 Å². The first-order valence-electron chi connectivity index (χ1n) is 16.3. The molecule has 244 valence electrons. The van der Waals surface area contributed by atoms with Gasteiger partial charge in [-0.2, -0.15) is 0 Å². The monoisotopic (exact) mass is 650 g/mol. The summed E-state index contributed by atoms with van der Waals surface area (Å²) in [6, 6.07) is 32.7.